The number of piperidine rings is 1. The van der Waals surface area contributed by atoms with Gasteiger partial charge in [0.2, 0.25) is 0 Å². The van der Waals surface area contributed by atoms with Crippen molar-refractivity contribution >= 4 is 5.96 Å². The van der Waals surface area contributed by atoms with Crippen LogP contribution in [0.5, 0.6) is 0 Å². The van der Waals surface area contributed by atoms with Crippen molar-refractivity contribution in [2.75, 3.05) is 27.2 Å². The molecule has 2 N–H and O–H groups in total. The molecule has 1 aliphatic heterocycles. The van der Waals surface area contributed by atoms with Crippen LogP contribution in [0.1, 0.15) is 25.7 Å². The monoisotopic (exact) mass is 292 g/mol. The summed E-state index contributed by atoms with van der Waals surface area (Å²) in [5.41, 5.74) is 5.75. The fourth-order valence-electron chi connectivity index (χ4n) is 2.86. The van der Waals surface area contributed by atoms with Crippen LogP contribution in [0.4, 0.5) is 13.2 Å². The summed E-state index contributed by atoms with van der Waals surface area (Å²) < 4.78 is 37.8. The maximum atomic E-state index is 12.6. The van der Waals surface area contributed by atoms with Crippen LogP contribution in [-0.2, 0) is 0 Å². The van der Waals surface area contributed by atoms with E-state index in [-0.39, 0.29) is 18.9 Å². The molecule has 2 fully saturated rings. The Labute approximate surface area is 117 Å². The maximum absolute atomic E-state index is 12.6. The minimum absolute atomic E-state index is 0.225. The smallest absolute Gasteiger partial charge is 0.370 e. The molecular formula is C13H23F3N4. The van der Waals surface area contributed by atoms with Gasteiger partial charge in [0, 0.05) is 20.1 Å². The van der Waals surface area contributed by atoms with Gasteiger partial charge >= 0.3 is 6.18 Å². The summed E-state index contributed by atoms with van der Waals surface area (Å²) in [5.74, 6) is -0.596. The molecule has 0 amide bonds. The zero-order chi connectivity index (χ0) is 14.9. The quantitative estimate of drug-likeness (QED) is 0.622. The Morgan fingerprint density at radius 1 is 1.20 bits per heavy atom. The molecule has 0 aromatic carbocycles. The molecule has 1 saturated carbocycles. The second-order valence-electron chi connectivity index (χ2n) is 6.01. The summed E-state index contributed by atoms with van der Waals surface area (Å²) in [7, 11) is 3.69. The van der Waals surface area contributed by atoms with Gasteiger partial charge in [0.1, 0.15) is 0 Å². The molecular weight excluding hydrogens is 269 g/mol. The molecule has 0 atom stereocenters. The number of likely N-dealkylation sites (tertiary alicyclic amines) is 1. The average Bonchev–Trinajstić information content (AvgIpc) is 2.32. The van der Waals surface area contributed by atoms with Crippen LogP contribution in [0.15, 0.2) is 4.99 Å². The summed E-state index contributed by atoms with van der Waals surface area (Å²) in [4.78, 5) is 8.34. The number of halogens is 3. The zero-order valence-electron chi connectivity index (χ0n) is 12.0. The van der Waals surface area contributed by atoms with Gasteiger partial charge in [0.15, 0.2) is 5.96 Å². The Morgan fingerprint density at radius 2 is 1.75 bits per heavy atom. The lowest BCUT2D eigenvalue weighted by Gasteiger charge is -2.44. The van der Waals surface area contributed by atoms with Gasteiger partial charge in [-0.2, -0.15) is 13.2 Å². The van der Waals surface area contributed by atoms with Crippen LogP contribution in [-0.4, -0.2) is 61.2 Å². The van der Waals surface area contributed by atoms with Crippen molar-refractivity contribution in [3.63, 3.8) is 0 Å². The number of aliphatic imine (C=N–C) groups is 1. The number of alkyl halides is 3. The van der Waals surface area contributed by atoms with E-state index in [1.165, 1.54) is 0 Å². The van der Waals surface area contributed by atoms with Gasteiger partial charge in [-0.25, -0.2) is 4.99 Å². The molecule has 0 aromatic heterocycles. The predicted octanol–water partition coefficient (Wildman–Crippen LogP) is 1.67. The molecule has 1 heterocycles. The van der Waals surface area contributed by atoms with E-state index in [1.807, 2.05) is 14.1 Å². The first-order chi connectivity index (χ1) is 9.27. The minimum atomic E-state index is -4.03. The van der Waals surface area contributed by atoms with E-state index in [4.69, 9.17) is 5.73 Å². The maximum Gasteiger partial charge on any atom is 0.391 e. The Kier molecular flexibility index (Phi) is 4.46. The molecule has 0 spiro atoms. The molecule has 116 valence electrons. The Hall–Kier alpha value is -0.980. The number of guanidine groups is 1. The highest BCUT2D eigenvalue weighted by molar-refractivity contribution is 5.77. The van der Waals surface area contributed by atoms with Gasteiger partial charge in [-0.15, -0.1) is 0 Å². The van der Waals surface area contributed by atoms with Crippen molar-refractivity contribution in [3.8, 4) is 0 Å². The fourth-order valence-corrected chi connectivity index (χ4v) is 2.86. The molecule has 4 nitrogen and oxygen atoms in total. The third-order valence-corrected chi connectivity index (χ3v) is 4.37. The van der Waals surface area contributed by atoms with Crippen molar-refractivity contribution in [1.82, 2.24) is 9.80 Å². The Morgan fingerprint density at radius 3 is 2.20 bits per heavy atom. The van der Waals surface area contributed by atoms with Crippen molar-refractivity contribution < 1.29 is 13.2 Å². The third kappa shape index (κ3) is 3.56. The molecule has 20 heavy (non-hydrogen) atoms. The zero-order valence-corrected chi connectivity index (χ0v) is 12.0. The lowest BCUT2D eigenvalue weighted by atomic mass is 9.83. The van der Waals surface area contributed by atoms with Gasteiger partial charge in [-0.3, -0.25) is 0 Å². The molecule has 0 unspecified atom stereocenters. The predicted molar refractivity (Wildman–Crippen MR) is 72.5 cm³/mol. The van der Waals surface area contributed by atoms with Crippen molar-refractivity contribution in [1.29, 1.82) is 0 Å². The first-order valence-corrected chi connectivity index (χ1v) is 7.08. The normalized spacial score (nSPS) is 30.1. The van der Waals surface area contributed by atoms with E-state index in [0.29, 0.717) is 25.1 Å². The standard InChI is InChI=1S/C13H23F3N4/c1-19(2)12(17)18-10-7-11(8-10)20-5-3-9(4-6-20)13(14,15)16/h9-11H,3-8H2,1-2H3,(H2,17,18). The molecule has 2 rings (SSSR count). The summed E-state index contributed by atoms with van der Waals surface area (Å²) in [5, 5.41) is 0. The summed E-state index contributed by atoms with van der Waals surface area (Å²) in [6.45, 7) is 1.10. The Bertz CT molecular complexity index is 353. The fraction of sp³-hybridized carbons (Fsp3) is 0.923. The molecule has 1 aliphatic carbocycles. The highest BCUT2D eigenvalue weighted by atomic mass is 19.4. The van der Waals surface area contributed by atoms with Crippen LogP contribution < -0.4 is 5.73 Å². The molecule has 7 heteroatoms. The Balaban J connectivity index is 1.74. The largest absolute Gasteiger partial charge is 0.391 e. The summed E-state index contributed by atoms with van der Waals surface area (Å²) in [6.07, 6.45) is -1.75. The minimum Gasteiger partial charge on any atom is -0.370 e. The summed E-state index contributed by atoms with van der Waals surface area (Å²) >= 11 is 0. The van der Waals surface area contributed by atoms with Crippen LogP contribution in [0.3, 0.4) is 0 Å². The SMILES string of the molecule is CN(C)C(N)=NC1CC(N2CCC(C(F)(F)F)CC2)C1. The molecule has 2 aliphatic rings. The van der Waals surface area contributed by atoms with Crippen LogP contribution >= 0.6 is 0 Å². The van der Waals surface area contributed by atoms with Crippen LogP contribution in [0.25, 0.3) is 0 Å². The number of nitrogens with zero attached hydrogens (tertiary/aromatic N) is 3. The van der Waals surface area contributed by atoms with Gasteiger partial charge < -0.3 is 15.5 Å². The second kappa shape index (κ2) is 5.79. The first kappa shape index (κ1) is 15.4. The lowest BCUT2D eigenvalue weighted by molar-refractivity contribution is -0.187. The van der Waals surface area contributed by atoms with Gasteiger partial charge in [-0.05, 0) is 38.8 Å². The van der Waals surface area contributed by atoms with Crippen molar-refractivity contribution in [3.05, 3.63) is 0 Å². The average molecular weight is 292 g/mol. The van der Waals surface area contributed by atoms with Crippen LogP contribution in [0, 0.1) is 5.92 Å². The molecule has 0 aromatic rings. The van der Waals surface area contributed by atoms with E-state index in [0.717, 1.165) is 12.8 Å². The van der Waals surface area contributed by atoms with Gasteiger partial charge in [-0.1, -0.05) is 0 Å². The van der Waals surface area contributed by atoms with Crippen LogP contribution in [0.2, 0.25) is 0 Å². The van der Waals surface area contributed by atoms with Crippen molar-refractivity contribution in [2.24, 2.45) is 16.6 Å². The number of hydrogen-bond acceptors (Lipinski definition) is 2. The van der Waals surface area contributed by atoms with Gasteiger partial charge in [0.25, 0.3) is 0 Å². The first-order valence-electron chi connectivity index (χ1n) is 7.08. The highest BCUT2D eigenvalue weighted by Crippen LogP contribution is 2.37. The summed E-state index contributed by atoms with van der Waals surface area (Å²) in [6, 6.07) is 0.607. The van der Waals surface area contributed by atoms with E-state index >= 15 is 0 Å². The van der Waals surface area contributed by atoms with E-state index in [9.17, 15) is 13.2 Å². The second-order valence-corrected chi connectivity index (χ2v) is 6.01. The number of hydrogen-bond donors (Lipinski definition) is 1. The highest BCUT2D eigenvalue weighted by Gasteiger charge is 2.43. The van der Waals surface area contributed by atoms with E-state index in [2.05, 4.69) is 9.89 Å². The van der Waals surface area contributed by atoms with E-state index < -0.39 is 12.1 Å². The molecule has 1 saturated heterocycles. The van der Waals surface area contributed by atoms with E-state index in [1.54, 1.807) is 4.90 Å². The molecule has 0 radical (unpaired) electrons. The third-order valence-electron chi connectivity index (χ3n) is 4.37. The number of nitrogens with two attached hydrogens (primary N) is 1. The molecule has 0 bridgehead atoms. The van der Waals surface area contributed by atoms with Crippen molar-refractivity contribution in [2.45, 2.75) is 43.9 Å². The van der Waals surface area contributed by atoms with Gasteiger partial charge in [0.05, 0.1) is 12.0 Å². The lowest BCUT2D eigenvalue weighted by Crippen LogP contribution is -2.51. The topological polar surface area (TPSA) is 44.9 Å². The number of rotatable bonds is 2.